The van der Waals surface area contributed by atoms with Gasteiger partial charge >= 0.3 is 0 Å². The van der Waals surface area contributed by atoms with Crippen molar-refractivity contribution in [2.24, 2.45) is 0 Å². The summed E-state index contributed by atoms with van der Waals surface area (Å²) in [5, 5.41) is 4.19. The van der Waals surface area contributed by atoms with Crippen LogP contribution in [0.4, 0.5) is 0 Å². The van der Waals surface area contributed by atoms with E-state index in [1.165, 1.54) is 0 Å². The van der Waals surface area contributed by atoms with Crippen LogP contribution in [-0.2, 0) is 0 Å². The Hall–Kier alpha value is -6.07. The number of aromatic nitrogens is 3. The maximum absolute atomic E-state index is 6.52. The first-order valence-electron chi connectivity index (χ1n) is 14.5. The minimum Gasteiger partial charge on any atom is -0.456 e. The molecule has 0 aliphatic rings. The molecule has 0 fully saturated rings. The molecule has 3 aromatic heterocycles. The van der Waals surface area contributed by atoms with Crippen LogP contribution in [0.5, 0.6) is 0 Å². The van der Waals surface area contributed by atoms with Gasteiger partial charge in [-0.05, 0) is 42.0 Å². The van der Waals surface area contributed by atoms with Gasteiger partial charge in [0.05, 0.1) is 0 Å². The number of fused-ring (bicyclic) bond motifs is 6. The van der Waals surface area contributed by atoms with Crippen LogP contribution in [0.1, 0.15) is 0 Å². The van der Waals surface area contributed by atoms with Crippen LogP contribution >= 0.6 is 0 Å². The highest BCUT2D eigenvalue weighted by molar-refractivity contribution is 6.12. The summed E-state index contributed by atoms with van der Waals surface area (Å²) in [6.07, 6.45) is 0. The molecule has 0 saturated carbocycles. The average molecular weight is 566 g/mol. The first-order chi connectivity index (χ1) is 21.8. The van der Waals surface area contributed by atoms with Crippen LogP contribution in [0.15, 0.2) is 148 Å². The van der Waals surface area contributed by atoms with E-state index in [2.05, 4.69) is 36.4 Å². The van der Waals surface area contributed by atoms with Crippen LogP contribution in [0.2, 0.25) is 0 Å². The molecule has 0 radical (unpaired) electrons. The lowest BCUT2D eigenvalue weighted by Gasteiger charge is -2.10. The predicted molar refractivity (Wildman–Crippen MR) is 176 cm³/mol. The fourth-order valence-corrected chi connectivity index (χ4v) is 6.00. The molecule has 3 heterocycles. The Bertz CT molecular complexity index is 2440. The van der Waals surface area contributed by atoms with Crippen LogP contribution in [0, 0.1) is 0 Å². The largest absolute Gasteiger partial charge is 0.456 e. The lowest BCUT2D eigenvalue weighted by atomic mass is 9.97. The minimum absolute atomic E-state index is 0.598. The molecule has 0 spiro atoms. The van der Waals surface area contributed by atoms with Crippen molar-refractivity contribution in [1.82, 2.24) is 15.0 Å². The molecule has 5 heteroatoms. The van der Waals surface area contributed by atoms with E-state index in [0.29, 0.717) is 17.5 Å². The van der Waals surface area contributed by atoms with Gasteiger partial charge in [0.15, 0.2) is 17.5 Å². The van der Waals surface area contributed by atoms with Gasteiger partial charge in [-0.15, -0.1) is 0 Å². The van der Waals surface area contributed by atoms with Crippen molar-refractivity contribution in [1.29, 1.82) is 0 Å². The Labute approximate surface area is 252 Å². The van der Waals surface area contributed by atoms with Gasteiger partial charge in [0.25, 0.3) is 0 Å². The Balaban J connectivity index is 1.33. The van der Waals surface area contributed by atoms with Crippen molar-refractivity contribution in [2.45, 2.75) is 0 Å². The summed E-state index contributed by atoms with van der Waals surface area (Å²) >= 11 is 0. The summed E-state index contributed by atoms with van der Waals surface area (Å²) in [5.74, 6) is 1.85. The Kier molecular flexibility index (Phi) is 5.43. The minimum atomic E-state index is 0.598. The summed E-state index contributed by atoms with van der Waals surface area (Å²) in [6.45, 7) is 0. The molecule has 0 saturated heterocycles. The van der Waals surface area contributed by atoms with Gasteiger partial charge in [-0.1, -0.05) is 103 Å². The van der Waals surface area contributed by atoms with Crippen molar-refractivity contribution >= 4 is 43.9 Å². The maximum Gasteiger partial charge on any atom is 0.164 e. The monoisotopic (exact) mass is 565 g/mol. The molecule has 206 valence electrons. The topological polar surface area (TPSA) is 65.0 Å². The third-order valence-electron chi connectivity index (χ3n) is 8.12. The lowest BCUT2D eigenvalue weighted by molar-refractivity contribution is 0.668. The number of furan rings is 2. The molecule has 44 heavy (non-hydrogen) atoms. The van der Waals surface area contributed by atoms with Crippen LogP contribution in [0.3, 0.4) is 0 Å². The first kappa shape index (κ1) is 24.5. The van der Waals surface area contributed by atoms with Gasteiger partial charge in [-0.25, -0.2) is 15.0 Å². The van der Waals surface area contributed by atoms with E-state index in [1.807, 2.05) is 103 Å². The molecular formula is C39H23N3O2. The molecule has 0 atom stereocenters. The van der Waals surface area contributed by atoms with Crippen LogP contribution in [0.25, 0.3) is 89.2 Å². The SMILES string of the molecule is c1ccc(-c2nc(-c3ccccc3)nc(-c3cc(-c4ccc5oc6ccccc6c5c4)c4oc5ccccc5c4c3)n2)cc1. The smallest absolute Gasteiger partial charge is 0.164 e. The first-order valence-corrected chi connectivity index (χ1v) is 14.5. The van der Waals surface area contributed by atoms with Gasteiger partial charge in [-0.3, -0.25) is 0 Å². The quantitative estimate of drug-likeness (QED) is 0.212. The number of benzene rings is 6. The third-order valence-corrected chi connectivity index (χ3v) is 8.12. The lowest BCUT2D eigenvalue weighted by Crippen LogP contribution is -2.00. The van der Waals surface area contributed by atoms with E-state index in [-0.39, 0.29) is 0 Å². The van der Waals surface area contributed by atoms with Crippen molar-refractivity contribution in [3.8, 4) is 45.3 Å². The highest BCUT2D eigenvalue weighted by Gasteiger charge is 2.19. The van der Waals surface area contributed by atoms with Crippen molar-refractivity contribution in [2.75, 3.05) is 0 Å². The standard InChI is InChI=1S/C39H23N3O2/c1-3-11-24(12-4-1)37-40-38(25-13-5-2-6-14-25)42-39(41-37)27-22-30(36-32(23-27)29-16-8-10-18-34(29)44-36)26-19-20-35-31(21-26)28-15-7-9-17-33(28)43-35/h1-23H. The number of nitrogens with zero attached hydrogens (tertiary/aromatic N) is 3. The highest BCUT2D eigenvalue weighted by atomic mass is 16.3. The number of para-hydroxylation sites is 2. The number of hydrogen-bond acceptors (Lipinski definition) is 5. The van der Waals surface area contributed by atoms with Gasteiger partial charge in [0.2, 0.25) is 0 Å². The zero-order valence-corrected chi connectivity index (χ0v) is 23.4. The third kappa shape index (κ3) is 3.98. The molecule has 0 unspecified atom stereocenters. The van der Waals surface area contributed by atoms with Crippen molar-refractivity contribution in [3.05, 3.63) is 140 Å². The summed E-state index contributed by atoms with van der Waals surface area (Å²) in [5.41, 5.74) is 8.11. The fourth-order valence-electron chi connectivity index (χ4n) is 6.00. The fraction of sp³-hybridized carbons (Fsp3) is 0. The predicted octanol–water partition coefficient (Wildman–Crippen LogP) is 10.3. The second kappa shape index (κ2) is 9.75. The molecule has 0 N–H and O–H groups in total. The summed E-state index contributed by atoms with van der Waals surface area (Å²) in [4.78, 5) is 14.9. The number of rotatable bonds is 4. The van der Waals surface area contributed by atoms with Gasteiger partial charge < -0.3 is 8.83 Å². The molecule has 0 amide bonds. The summed E-state index contributed by atoms with van der Waals surface area (Å²) in [6, 6.07) is 46.9. The van der Waals surface area contributed by atoms with Crippen molar-refractivity contribution in [3.63, 3.8) is 0 Å². The van der Waals surface area contributed by atoms with E-state index in [4.69, 9.17) is 23.8 Å². The van der Waals surface area contributed by atoms with Gasteiger partial charge in [0, 0.05) is 43.8 Å². The van der Waals surface area contributed by atoms with Gasteiger partial charge in [0.1, 0.15) is 22.3 Å². The Morgan fingerprint density at radius 3 is 1.50 bits per heavy atom. The van der Waals surface area contributed by atoms with E-state index in [0.717, 1.165) is 71.7 Å². The normalized spacial score (nSPS) is 11.6. The molecule has 9 aromatic rings. The van der Waals surface area contributed by atoms with E-state index >= 15 is 0 Å². The number of hydrogen-bond donors (Lipinski definition) is 0. The van der Waals surface area contributed by atoms with E-state index < -0.39 is 0 Å². The van der Waals surface area contributed by atoms with Gasteiger partial charge in [-0.2, -0.15) is 0 Å². The zero-order chi connectivity index (χ0) is 29.0. The average Bonchev–Trinajstić information content (AvgIpc) is 3.66. The highest BCUT2D eigenvalue weighted by Crippen LogP contribution is 2.41. The molecule has 5 nitrogen and oxygen atoms in total. The van der Waals surface area contributed by atoms with Crippen LogP contribution < -0.4 is 0 Å². The molecule has 0 aliphatic heterocycles. The Morgan fingerprint density at radius 1 is 0.341 bits per heavy atom. The van der Waals surface area contributed by atoms with Crippen LogP contribution in [-0.4, -0.2) is 15.0 Å². The van der Waals surface area contributed by atoms with E-state index in [9.17, 15) is 0 Å². The van der Waals surface area contributed by atoms with E-state index in [1.54, 1.807) is 0 Å². The maximum atomic E-state index is 6.52. The second-order valence-electron chi connectivity index (χ2n) is 10.8. The molecule has 0 bridgehead atoms. The summed E-state index contributed by atoms with van der Waals surface area (Å²) in [7, 11) is 0. The summed E-state index contributed by atoms with van der Waals surface area (Å²) < 4.78 is 12.7. The zero-order valence-electron chi connectivity index (χ0n) is 23.4. The van der Waals surface area contributed by atoms with Crippen molar-refractivity contribution < 1.29 is 8.83 Å². The molecular weight excluding hydrogens is 542 g/mol. The Morgan fingerprint density at radius 2 is 0.841 bits per heavy atom. The molecule has 0 aliphatic carbocycles. The molecule has 9 rings (SSSR count). The molecule has 6 aromatic carbocycles. The second-order valence-corrected chi connectivity index (χ2v) is 10.8.